The second kappa shape index (κ2) is 5.87. The summed E-state index contributed by atoms with van der Waals surface area (Å²) >= 11 is 3.13. The number of hydrogen-bond acceptors (Lipinski definition) is 6. The normalized spacial score (nSPS) is 10.1. The minimum Gasteiger partial charge on any atom is -0.469 e. The molecule has 4 nitrogen and oxygen atoms in total. The summed E-state index contributed by atoms with van der Waals surface area (Å²) in [6.07, 6.45) is 3.04. The van der Waals surface area contributed by atoms with Crippen LogP contribution in [0.5, 0.6) is 0 Å². The molecule has 0 bridgehead atoms. The van der Waals surface area contributed by atoms with E-state index < -0.39 is 0 Å². The van der Waals surface area contributed by atoms with Gasteiger partial charge in [-0.25, -0.2) is 4.98 Å². The summed E-state index contributed by atoms with van der Waals surface area (Å²) < 4.78 is 5.62. The summed E-state index contributed by atoms with van der Waals surface area (Å²) in [6, 6.07) is 0. The highest BCUT2D eigenvalue weighted by Crippen LogP contribution is 2.26. The van der Waals surface area contributed by atoms with Crippen LogP contribution in [0.2, 0.25) is 0 Å². The Balaban J connectivity index is 2.13. The van der Waals surface area contributed by atoms with E-state index in [-0.39, 0.29) is 5.97 Å². The third kappa shape index (κ3) is 3.97. The van der Waals surface area contributed by atoms with E-state index in [1.165, 1.54) is 18.4 Å². The van der Waals surface area contributed by atoms with Crippen molar-refractivity contribution in [3.63, 3.8) is 0 Å². The number of ether oxygens (including phenoxy) is 1. The third-order valence-electron chi connectivity index (χ3n) is 1.50. The fraction of sp³-hybridized carbons (Fsp3) is 0.500. The highest BCUT2D eigenvalue weighted by Gasteiger charge is 2.02. The van der Waals surface area contributed by atoms with E-state index in [0.717, 1.165) is 16.4 Å². The molecule has 0 aliphatic carbocycles. The average Bonchev–Trinajstić information content (AvgIpc) is 2.58. The number of esters is 1. The number of thioether (sulfide) groups is 1. The van der Waals surface area contributed by atoms with Crippen molar-refractivity contribution in [3.8, 4) is 0 Å². The Labute approximate surface area is 90.9 Å². The highest BCUT2D eigenvalue weighted by atomic mass is 32.2. The molecule has 0 saturated carbocycles. The van der Waals surface area contributed by atoms with E-state index in [1.54, 1.807) is 18.0 Å². The van der Waals surface area contributed by atoms with Crippen molar-refractivity contribution in [1.82, 2.24) is 4.98 Å². The first-order valence-electron chi connectivity index (χ1n) is 4.13. The molecule has 78 valence electrons. The van der Waals surface area contributed by atoms with Gasteiger partial charge in [-0.2, -0.15) is 0 Å². The number of anilines is 1. The standard InChI is InChI=1S/C8H12N2O2S2/c1-12-6(11)3-2-4-13-7-5-10-8(9)14-7/h5H,2-4H2,1H3,(H2,9,10). The molecule has 2 N–H and O–H groups in total. The second-order valence-corrected chi connectivity index (χ2v) is 5.00. The summed E-state index contributed by atoms with van der Waals surface area (Å²) in [4.78, 5) is 14.7. The first-order chi connectivity index (χ1) is 6.72. The predicted octanol–water partition coefficient (Wildman–Crippen LogP) is 1.77. The maximum atomic E-state index is 10.8. The van der Waals surface area contributed by atoms with E-state index >= 15 is 0 Å². The summed E-state index contributed by atoms with van der Waals surface area (Å²) in [5.74, 6) is 0.728. The maximum Gasteiger partial charge on any atom is 0.305 e. The Kier molecular flexibility index (Phi) is 4.75. The van der Waals surface area contributed by atoms with Crippen molar-refractivity contribution in [2.45, 2.75) is 17.1 Å². The number of carbonyl (C=O) groups excluding carboxylic acids is 1. The lowest BCUT2D eigenvalue weighted by atomic mass is 10.3. The van der Waals surface area contributed by atoms with E-state index in [1.807, 2.05) is 0 Å². The van der Waals surface area contributed by atoms with E-state index in [4.69, 9.17) is 5.73 Å². The predicted molar refractivity (Wildman–Crippen MR) is 58.5 cm³/mol. The number of nitrogens with two attached hydrogens (primary N) is 1. The zero-order chi connectivity index (χ0) is 10.4. The van der Waals surface area contributed by atoms with Gasteiger partial charge in [-0.15, -0.1) is 11.8 Å². The Hall–Kier alpha value is -0.750. The number of aromatic nitrogens is 1. The number of carbonyl (C=O) groups is 1. The molecule has 14 heavy (non-hydrogen) atoms. The van der Waals surface area contributed by atoms with Gasteiger partial charge in [0.25, 0.3) is 0 Å². The van der Waals surface area contributed by atoms with Gasteiger partial charge < -0.3 is 10.5 Å². The van der Waals surface area contributed by atoms with Crippen LogP contribution in [-0.2, 0) is 9.53 Å². The smallest absolute Gasteiger partial charge is 0.305 e. The van der Waals surface area contributed by atoms with Gasteiger partial charge in [-0.05, 0) is 12.2 Å². The van der Waals surface area contributed by atoms with Crippen LogP contribution in [0.4, 0.5) is 5.13 Å². The molecule has 6 heteroatoms. The fourth-order valence-electron chi connectivity index (χ4n) is 0.830. The number of methoxy groups -OCH3 is 1. The lowest BCUT2D eigenvalue weighted by molar-refractivity contribution is -0.140. The van der Waals surface area contributed by atoms with Gasteiger partial charge >= 0.3 is 5.97 Å². The molecule has 0 aliphatic rings. The zero-order valence-electron chi connectivity index (χ0n) is 7.86. The van der Waals surface area contributed by atoms with Crippen LogP contribution in [0.25, 0.3) is 0 Å². The van der Waals surface area contributed by atoms with Crippen molar-refractivity contribution in [2.75, 3.05) is 18.6 Å². The molecule has 0 amide bonds. The van der Waals surface area contributed by atoms with E-state index in [2.05, 4.69) is 9.72 Å². The third-order valence-corrected chi connectivity index (χ3v) is 3.61. The number of nitrogen functional groups attached to an aromatic ring is 1. The van der Waals surface area contributed by atoms with Crippen molar-refractivity contribution in [1.29, 1.82) is 0 Å². The van der Waals surface area contributed by atoms with Crippen LogP contribution >= 0.6 is 23.1 Å². The molecule has 0 fully saturated rings. The second-order valence-electron chi connectivity index (χ2n) is 2.55. The largest absolute Gasteiger partial charge is 0.469 e. The van der Waals surface area contributed by atoms with Gasteiger partial charge in [0.2, 0.25) is 0 Å². The molecule has 0 radical (unpaired) electrons. The Bertz CT molecular complexity index is 301. The highest BCUT2D eigenvalue weighted by molar-refractivity contribution is 8.01. The van der Waals surface area contributed by atoms with Gasteiger partial charge in [0.05, 0.1) is 17.5 Å². The van der Waals surface area contributed by atoms with Crippen LogP contribution in [0.15, 0.2) is 10.4 Å². The Morgan fingerprint density at radius 2 is 2.57 bits per heavy atom. The number of thiazole rings is 1. The van der Waals surface area contributed by atoms with Crippen molar-refractivity contribution in [3.05, 3.63) is 6.20 Å². The van der Waals surface area contributed by atoms with Crippen molar-refractivity contribution >= 4 is 34.2 Å². The number of nitrogens with zero attached hydrogens (tertiary/aromatic N) is 1. The molecule has 1 aromatic rings. The molecular formula is C8H12N2O2S2. The molecule has 0 saturated heterocycles. The fourth-order valence-corrected chi connectivity index (χ4v) is 2.61. The van der Waals surface area contributed by atoms with Crippen LogP contribution < -0.4 is 5.73 Å². The minimum absolute atomic E-state index is 0.158. The molecule has 0 aromatic carbocycles. The lowest BCUT2D eigenvalue weighted by Gasteiger charge is -1.97. The quantitative estimate of drug-likeness (QED) is 0.476. The maximum absolute atomic E-state index is 10.8. The van der Waals surface area contributed by atoms with Crippen LogP contribution in [0.3, 0.4) is 0 Å². The van der Waals surface area contributed by atoms with Crippen molar-refractivity contribution in [2.24, 2.45) is 0 Å². The van der Waals surface area contributed by atoms with E-state index in [0.29, 0.717) is 11.6 Å². The average molecular weight is 232 g/mol. The molecule has 1 aromatic heterocycles. The topological polar surface area (TPSA) is 65.2 Å². The Morgan fingerprint density at radius 3 is 3.14 bits per heavy atom. The van der Waals surface area contributed by atoms with Crippen molar-refractivity contribution < 1.29 is 9.53 Å². The lowest BCUT2D eigenvalue weighted by Crippen LogP contribution is -1.99. The molecule has 0 aliphatic heterocycles. The molecule has 0 atom stereocenters. The number of rotatable bonds is 5. The summed E-state index contributed by atoms with van der Waals surface area (Å²) in [5.41, 5.74) is 5.47. The zero-order valence-corrected chi connectivity index (χ0v) is 9.49. The summed E-state index contributed by atoms with van der Waals surface area (Å²) in [5, 5.41) is 0.584. The number of hydrogen-bond donors (Lipinski definition) is 1. The SMILES string of the molecule is COC(=O)CCCSc1cnc(N)s1. The van der Waals surface area contributed by atoms with Gasteiger partial charge in [-0.3, -0.25) is 4.79 Å². The van der Waals surface area contributed by atoms with Gasteiger partial charge in [0, 0.05) is 6.42 Å². The molecular weight excluding hydrogens is 220 g/mol. The van der Waals surface area contributed by atoms with Crippen LogP contribution in [0.1, 0.15) is 12.8 Å². The molecule has 0 unspecified atom stereocenters. The van der Waals surface area contributed by atoms with Gasteiger partial charge in [0.1, 0.15) is 0 Å². The molecule has 1 rings (SSSR count). The first-order valence-corrected chi connectivity index (χ1v) is 5.93. The van der Waals surface area contributed by atoms with Gasteiger partial charge in [0.15, 0.2) is 5.13 Å². The van der Waals surface area contributed by atoms with Crippen LogP contribution in [-0.4, -0.2) is 23.8 Å². The molecule has 1 heterocycles. The summed E-state index contributed by atoms with van der Waals surface area (Å²) in [6.45, 7) is 0. The van der Waals surface area contributed by atoms with Crippen LogP contribution in [0, 0.1) is 0 Å². The van der Waals surface area contributed by atoms with E-state index in [9.17, 15) is 4.79 Å². The summed E-state index contributed by atoms with van der Waals surface area (Å²) in [7, 11) is 1.40. The minimum atomic E-state index is -0.158. The van der Waals surface area contributed by atoms with Gasteiger partial charge in [-0.1, -0.05) is 11.3 Å². The Morgan fingerprint density at radius 1 is 1.79 bits per heavy atom. The monoisotopic (exact) mass is 232 g/mol. The first kappa shape index (κ1) is 11.3. The molecule has 0 spiro atoms.